The van der Waals surface area contributed by atoms with Crippen LogP contribution in [0.15, 0.2) is 46.6 Å². The van der Waals surface area contributed by atoms with E-state index in [1.54, 1.807) is 23.9 Å². The largest absolute Gasteiger partial charge is 0.348 e. The van der Waals surface area contributed by atoms with Crippen LogP contribution in [-0.2, 0) is 7.05 Å². The van der Waals surface area contributed by atoms with Crippen LogP contribution in [0.2, 0.25) is 0 Å². The predicted octanol–water partition coefficient (Wildman–Crippen LogP) is 2.49. The number of benzene rings is 1. The van der Waals surface area contributed by atoms with Gasteiger partial charge in [0.25, 0.3) is 5.91 Å². The molecule has 1 saturated carbocycles. The van der Waals surface area contributed by atoms with Crippen LogP contribution >= 0.6 is 11.8 Å². The Labute approximate surface area is 160 Å². The van der Waals surface area contributed by atoms with Gasteiger partial charge in [-0.15, -0.1) is 0 Å². The van der Waals surface area contributed by atoms with Gasteiger partial charge < -0.3 is 14.9 Å². The fourth-order valence-electron chi connectivity index (χ4n) is 3.47. The molecule has 0 unspecified atom stereocenters. The lowest BCUT2D eigenvalue weighted by Crippen LogP contribution is -2.39. The number of aryl methyl sites for hydroxylation is 1. The molecule has 3 aromatic rings. The number of thioether (sulfide) groups is 1. The summed E-state index contributed by atoms with van der Waals surface area (Å²) in [6.45, 7) is 0. The SMILES string of the molecule is Cn1ccnc1SC1CCC(NC(=O)c2nc(=O)[nH]c3ccccc23)CC1. The van der Waals surface area contributed by atoms with Gasteiger partial charge in [0.2, 0.25) is 0 Å². The van der Waals surface area contributed by atoms with Gasteiger partial charge in [-0.3, -0.25) is 4.79 Å². The van der Waals surface area contributed by atoms with Crippen molar-refractivity contribution < 1.29 is 4.79 Å². The van der Waals surface area contributed by atoms with Crippen molar-refractivity contribution in [2.45, 2.75) is 42.1 Å². The minimum absolute atomic E-state index is 0.107. The topological polar surface area (TPSA) is 92.7 Å². The smallest absolute Gasteiger partial charge is 0.346 e. The Morgan fingerprint density at radius 1 is 1.26 bits per heavy atom. The molecule has 1 aliphatic rings. The third-order valence-corrected chi connectivity index (χ3v) is 6.32. The molecule has 1 amide bonds. The number of nitrogens with zero attached hydrogens (tertiary/aromatic N) is 3. The van der Waals surface area contributed by atoms with E-state index < -0.39 is 5.69 Å². The van der Waals surface area contributed by atoms with Gasteiger partial charge in [0.1, 0.15) is 5.69 Å². The standard InChI is InChI=1S/C19H21N5O2S/c1-24-11-10-20-19(24)27-13-8-6-12(7-9-13)21-17(25)16-14-4-2-3-5-15(14)22-18(26)23-16/h2-5,10-13H,6-9H2,1H3,(H,21,25)(H,22,23,26). The second-order valence-electron chi connectivity index (χ2n) is 6.82. The van der Waals surface area contributed by atoms with Crippen molar-refractivity contribution in [2.24, 2.45) is 7.05 Å². The second kappa shape index (κ2) is 7.56. The minimum Gasteiger partial charge on any atom is -0.348 e. The van der Waals surface area contributed by atoms with Gasteiger partial charge in [-0.2, -0.15) is 4.98 Å². The van der Waals surface area contributed by atoms with Crippen LogP contribution < -0.4 is 11.0 Å². The number of para-hydroxylation sites is 1. The number of H-pyrrole nitrogens is 1. The Kier molecular flexibility index (Phi) is 4.98. The third kappa shape index (κ3) is 3.90. The van der Waals surface area contributed by atoms with Gasteiger partial charge in [0.15, 0.2) is 5.16 Å². The number of hydrogen-bond donors (Lipinski definition) is 2. The van der Waals surface area contributed by atoms with E-state index >= 15 is 0 Å². The van der Waals surface area contributed by atoms with Crippen LogP contribution in [0.5, 0.6) is 0 Å². The van der Waals surface area contributed by atoms with Gasteiger partial charge in [-0.05, 0) is 31.7 Å². The summed E-state index contributed by atoms with van der Waals surface area (Å²) in [4.78, 5) is 35.4. The summed E-state index contributed by atoms with van der Waals surface area (Å²) < 4.78 is 2.03. The van der Waals surface area contributed by atoms with Crippen molar-refractivity contribution in [1.82, 2.24) is 24.8 Å². The van der Waals surface area contributed by atoms with Gasteiger partial charge in [0, 0.05) is 36.1 Å². The molecule has 140 valence electrons. The molecule has 8 heteroatoms. The summed E-state index contributed by atoms with van der Waals surface area (Å²) in [5.74, 6) is -0.280. The highest BCUT2D eigenvalue weighted by Crippen LogP contribution is 2.32. The number of aromatic nitrogens is 4. The van der Waals surface area contributed by atoms with E-state index in [1.165, 1.54) is 0 Å². The molecule has 1 fully saturated rings. The van der Waals surface area contributed by atoms with Crippen molar-refractivity contribution in [1.29, 1.82) is 0 Å². The summed E-state index contributed by atoms with van der Waals surface area (Å²) in [5.41, 5.74) is 0.311. The first-order chi connectivity index (χ1) is 13.1. The number of fused-ring (bicyclic) bond motifs is 1. The summed E-state index contributed by atoms with van der Waals surface area (Å²) in [5, 5.41) is 5.26. The highest BCUT2D eigenvalue weighted by molar-refractivity contribution is 7.99. The molecule has 1 aliphatic carbocycles. The Morgan fingerprint density at radius 2 is 2.04 bits per heavy atom. The van der Waals surface area contributed by atoms with E-state index in [-0.39, 0.29) is 17.6 Å². The maximum absolute atomic E-state index is 12.7. The van der Waals surface area contributed by atoms with E-state index in [2.05, 4.69) is 20.3 Å². The van der Waals surface area contributed by atoms with Gasteiger partial charge >= 0.3 is 5.69 Å². The van der Waals surface area contributed by atoms with Gasteiger partial charge in [-0.1, -0.05) is 30.0 Å². The van der Waals surface area contributed by atoms with E-state index in [4.69, 9.17) is 0 Å². The third-order valence-electron chi connectivity index (χ3n) is 4.91. The van der Waals surface area contributed by atoms with Gasteiger partial charge in [0.05, 0.1) is 5.52 Å². The van der Waals surface area contributed by atoms with Crippen molar-refractivity contribution in [3.63, 3.8) is 0 Å². The van der Waals surface area contributed by atoms with Crippen LogP contribution in [-0.4, -0.2) is 36.7 Å². The monoisotopic (exact) mass is 383 g/mol. The fourth-order valence-corrected chi connectivity index (χ4v) is 4.62. The molecule has 7 nitrogen and oxygen atoms in total. The van der Waals surface area contributed by atoms with Crippen LogP contribution in [0.25, 0.3) is 10.9 Å². The molecule has 27 heavy (non-hydrogen) atoms. The lowest BCUT2D eigenvalue weighted by Gasteiger charge is -2.28. The maximum Gasteiger partial charge on any atom is 0.346 e. The maximum atomic E-state index is 12.7. The van der Waals surface area contributed by atoms with Crippen molar-refractivity contribution in [3.8, 4) is 0 Å². The normalized spacial score (nSPS) is 19.9. The summed E-state index contributed by atoms with van der Waals surface area (Å²) in [6.07, 6.45) is 7.63. The zero-order valence-corrected chi connectivity index (χ0v) is 15.8. The quantitative estimate of drug-likeness (QED) is 0.722. The molecular formula is C19H21N5O2S. The van der Waals surface area contributed by atoms with E-state index in [0.29, 0.717) is 16.2 Å². The highest BCUT2D eigenvalue weighted by Gasteiger charge is 2.25. The molecule has 0 atom stereocenters. The highest BCUT2D eigenvalue weighted by atomic mass is 32.2. The molecule has 0 aliphatic heterocycles. The first-order valence-electron chi connectivity index (χ1n) is 9.04. The number of imidazole rings is 1. The first-order valence-corrected chi connectivity index (χ1v) is 9.92. The molecule has 2 aromatic heterocycles. The van der Waals surface area contributed by atoms with Crippen molar-refractivity contribution in [3.05, 3.63) is 52.8 Å². The number of carbonyl (C=O) groups is 1. The molecule has 0 bridgehead atoms. The molecule has 2 N–H and O–H groups in total. The summed E-state index contributed by atoms with van der Waals surface area (Å²) in [6, 6.07) is 7.33. The van der Waals surface area contributed by atoms with Crippen LogP contribution in [0, 0.1) is 0 Å². The predicted molar refractivity (Wildman–Crippen MR) is 105 cm³/mol. The molecule has 0 radical (unpaired) electrons. The number of hydrogen-bond acceptors (Lipinski definition) is 5. The van der Waals surface area contributed by atoms with E-state index in [9.17, 15) is 9.59 Å². The average Bonchev–Trinajstić information content (AvgIpc) is 3.07. The van der Waals surface area contributed by atoms with Crippen LogP contribution in [0.3, 0.4) is 0 Å². The average molecular weight is 383 g/mol. The molecule has 0 spiro atoms. The minimum atomic E-state index is -0.506. The Morgan fingerprint density at radius 3 is 2.78 bits per heavy atom. The number of carbonyl (C=O) groups excluding carboxylic acids is 1. The van der Waals surface area contributed by atoms with Crippen molar-refractivity contribution >= 4 is 28.6 Å². The fraction of sp³-hybridized carbons (Fsp3) is 0.368. The number of rotatable bonds is 4. The Balaban J connectivity index is 1.40. The zero-order valence-electron chi connectivity index (χ0n) is 15.0. The number of amides is 1. The molecule has 4 rings (SSSR count). The second-order valence-corrected chi connectivity index (χ2v) is 8.09. The Hall–Kier alpha value is -2.61. The van der Waals surface area contributed by atoms with Crippen LogP contribution in [0.4, 0.5) is 0 Å². The van der Waals surface area contributed by atoms with Crippen molar-refractivity contribution in [2.75, 3.05) is 0 Å². The zero-order chi connectivity index (χ0) is 18.8. The van der Waals surface area contributed by atoms with Gasteiger partial charge in [-0.25, -0.2) is 9.78 Å². The lowest BCUT2D eigenvalue weighted by molar-refractivity contribution is 0.0924. The molecule has 1 aromatic carbocycles. The molecular weight excluding hydrogens is 362 g/mol. The Bertz CT molecular complexity index is 1020. The first kappa shape index (κ1) is 17.8. The van der Waals surface area contributed by atoms with E-state index in [0.717, 1.165) is 30.8 Å². The number of nitrogens with one attached hydrogen (secondary N) is 2. The van der Waals surface area contributed by atoms with Crippen LogP contribution in [0.1, 0.15) is 36.2 Å². The summed E-state index contributed by atoms with van der Waals surface area (Å²) >= 11 is 1.80. The number of aromatic amines is 1. The molecule has 2 heterocycles. The van der Waals surface area contributed by atoms with E-state index in [1.807, 2.05) is 36.1 Å². The lowest BCUT2D eigenvalue weighted by atomic mass is 9.95. The molecule has 0 saturated heterocycles. The summed E-state index contributed by atoms with van der Waals surface area (Å²) in [7, 11) is 2.00.